The van der Waals surface area contributed by atoms with Crippen molar-refractivity contribution < 1.29 is 60.3 Å². The Bertz CT molecular complexity index is 7310. The van der Waals surface area contributed by atoms with Crippen LogP contribution in [0.15, 0.2) is 413 Å². The van der Waals surface area contributed by atoms with E-state index in [2.05, 4.69) is 375 Å². The molecule has 8 nitrogen and oxygen atoms in total. The number of rotatable bonds is 14. The third-order valence-electron chi connectivity index (χ3n) is 23.1. The fourth-order valence-corrected chi connectivity index (χ4v) is 22.1. The van der Waals surface area contributed by atoms with Crippen LogP contribution in [0.1, 0.15) is 6.92 Å². The summed E-state index contributed by atoms with van der Waals surface area (Å²) < 4.78 is 7.31. The summed E-state index contributed by atoms with van der Waals surface area (Å²) in [4.78, 5) is 27.7. The van der Waals surface area contributed by atoms with Crippen molar-refractivity contribution >= 4 is 115 Å². The van der Waals surface area contributed by atoms with Crippen LogP contribution in [0.5, 0.6) is 0 Å². The van der Waals surface area contributed by atoms with E-state index in [1.54, 1.807) is 18.6 Å². The van der Waals surface area contributed by atoms with Crippen molar-refractivity contribution in [2.24, 2.45) is 0 Å². The number of aryl methyl sites for hydroxylation is 1. The molecule has 667 valence electrons. The number of aromatic nitrogens is 8. The molecule has 0 amide bonds. The number of para-hydroxylation sites is 3. The summed E-state index contributed by atoms with van der Waals surface area (Å²) in [6.45, 7) is 24.7. The van der Waals surface area contributed by atoms with Gasteiger partial charge in [-0.3, -0.25) is 0 Å². The number of hydrogen-bond donors (Lipinski definition) is 0. The van der Waals surface area contributed by atoms with Gasteiger partial charge in [-0.05, 0) is 155 Å². The van der Waals surface area contributed by atoms with Crippen LogP contribution in [0.4, 0.5) is 0 Å². The first kappa shape index (κ1) is 97.2. The minimum absolute atomic E-state index is 0. The SMILES string of the molecule is CCn1c2c[c-]c(-c3ncc(-c4ccccc4)cc3[Si](C)(C)C)cc2c2ccccc21.C[Si](C)(C)c1cc(-c2ccccc2)cnc1-c1[c-]cc2c(c1)c1ccccc1n2-c1ccccc1.C[Si](C)(C)c1cc(-c2ccccc2)cnc1-c1[c-]cc2sc3ccccc3c2c1.[Ir].[Ir].[Ir].[c-]1ccccc1-c1ccccn1.[c-]1ccccc1-c1ccccn1.[c-]1ccccc1-c1ccccn1. The van der Waals surface area contributed by atoms with Crippen molar-refractivity contribution in [3.63, 3.8) is 0 Å². The smallest absolute Gasteiger partial charge is 0.0693 e. The van der Waals surface area contributed by atoms with Crippen molar-refractivity contribution in [3.05, 3.63) is 450 Å². The molecule has 0 N–H and O–H groups in total. The van der Waals surface area contributed by atoms with E-state index in [-0.39, 0.29) is 60.3 Å². The number of benzene rings is 13. The molecule has 3 radical (unpaired) electrons. The van der Waals surface area contributed by atoms with Crippen LogP contribution in [0.25, 0.3) is 170 Å². The molecule has 13 aromatic carbocycles. The Morgan fingerprint density at radius 1 is 0.261 bits per heavy atom. The van der Waals surface area contributed by atoms with Crippen LogP contribution in [-0.2, 0) is 66.9 Å². The first-order valence-corrected chi connectivity index (χ1v) is 55.8. The second-order valence-electron chi connectivity index (χ2n) is 35.1. The molecule has 0 bridgehead atoms. The molecule has 0 unspecified atom stereocenters. The standard InChI is InChI=1S/C32H27N2Si.C28H27N2Si.C26H22NSSi.3C11H8N.3Ir/c1-35(2,3)31-21-25(23-12-6-4-7-13-23)22-33-32(31)24-18-19-30-28(20-24)27-16-10-11-17-29(27)34(30)26-14-8-5-9-15-26;1-5-30-25-14-10-9-13-23(25)24-17-21(15-16-26(24)30)28-27(31(2,3)4)18-22(19-29-28)20-11-7-6-8-12-20;1-29(2,3)25-16-20(18-9-5-4-6-10-18)17-27-26(25)19-13-14-24-22(15-19)21-11-7-8-12-23(21)28-24;3*1-2-6-10(7-3-1)11-8-4-5-9-12-11;;;/h4-17,19-22H,1-3H3;6-14,16-19H,5H2,1-4H3;4-12,14-17H,1-3H3;3*1-6,8-9H;;;/q6*-1;;;. The van der Waals surface area contributed by atoms with Crippen molar-refractivity contribution in [2.45, 2.75) is 72.4 Å². The molecule has 9 aromatic heterocycles. The van der Waals surface area contributed by atoms with Gasteiger partial charge in [0.05, 0.1) is 24.2 Å². The van der Waals surface area contributed by atoms with E-state index in [4.69, 9.17) is 15.0 Å². The number of fused-ring (bicyclic) bond motifs is 9. The monoisotopic (exact) mass is 2340 g/mol. The van der Waals surface area contributed by atoms with Crippen molar-refractivity contribution in [1.29, 1.82) is 0 Å². The van der Waals surface area contributed by atoms with Gasteiger partial charge in [-0.1, -0.05) is 309 Å². The third kappa shape index (κ3) is 22.8. The normalized spacial score (nSPS) is 11.1. The average Bonchev–Trinajstić information content (AvgIpc) is 1.58. The zero-order valence-corrected chi connectivity index (χ0v) is 87.5. The van der Waals surface area contributed by atoms with E-state index in [1.807, 2.05) is 157 Å². The summed E-state index contributed by atoms with van der Waals surface area (Å²) in [6.07, 6.45) is 11.4. The molecule has 0 fully saturated rings. The molecular formula is C119H100Ir3N8SSi3-6. The molecular weight excluding hydrogens is 2230 g/mol. The van der Waals surface area contributed by atoms with Gasteiger partial charge in [-0.15, -0.1) is 179 Å². The molecule has 134 heavy (non-hydrogen) atoms. The molecule has 9 heterocycles. The van der Waals surface area contributed by atoms with Gasteiger partial charge in [-0.25, -0.2) is 0 Å². The summed E-state index contributed by atoms with van der Waals surface area (Å²) in [7, 11) is -4.93. The van der Waals surface area contributed by atoms with E-state index >= 15 is 0 Å². The first-order chi connectivity index (χ1) is 63.9. The zero-order chi connectivity index (χ0) is 90.3. The maximum absolute atomic E-state index is 5.04. The van der Waals surface area contributed by atoms with Crippen LogP contribution >= 0.6 is 11.3 Å². The second-order valence-corrected chi connectivity index (χ2v) is 51.3. The second kappa shape index (κ2) is 44.8. The Morgan fingerprint density at radius 3 is 0.985 bits per heavy atom. The molecule has 0 spiro atoms. The van der Waals surface area contributed by atoms with E-state index < -0.39 is 24.2 Å². The molecule has 0 saturated carbocycles. The molecule has 0 atom stereocenters. The maximum Gasteiger partial charge on any atom is 0.0693 e. The number of pyridine rings is 6. The van der Waals surface area contributed by atoms with Crippen LogP contribution < -0.4 is 15.6 Å². The molecule has 0 aliphatic rings. The van der Waals surface area contributed by atoms with E-state index in [9.17, 15) is 0 Å². The van der Waals surface area contributed by atoms with Gasteiger partial charge in [0.25, 0.3) is 0 Å². The Balaban J connectivity index is 0.000000135. The van der Waals surface area contributed by atoms with Crippen molar-refractivity contribution in [3.8, 4) is 107 Å². The third-order valence-corrected chi connectivity index (χ3v) is 30.2. The van der Waals surface area contributed by atoms with Crippen LogP contribution in [0, 0.1) is 36.4 Å². The van der Waals surface area contributed by atoms with Crippen LogP contribution in [0.3, 0.4) is 0 Å². The van der Waals surface area contributed by atoms with Crippen LogP contribution in [0.2, 0.25) is 58.9 Å². The fourth-order valence-electron chi connectivity index (χ4n) is 16.5. The molecule has 0 saturated heterocycles. The summed E-state index contributed by atoms with van der Waals surface area (Å²) in [6, 6.07) is 150. The number of hydrogen-bond acceptors (Lipinski definition) is 7. The minimum atomic E-state index is -1.68. The number of nitrogens with zero attached hydrogens (tertiary/aromatic N) is 8. The van der Waals surface area contributed by atoms with E-state index in [0.717, 1.165) is 85.3 Å². The van der Waals surface area contributed by atoms with Gasteiger partial charge in [-0.2, -0.15) is 11.3 Å². The van der Waals surface area contributed by atoms with Gasteiger partial charge in [0.15, 0.2) is 0 Å². The topological polar surface area (TPSA) is 87.2 Å². The quantitative estimate of drug-likeness (QED) is 0.0796. The predicted molar refractivity (Wildman–Crippen MR) is 562 cm³/mol. The van der Waals surface area contributed by atoms with E-state index in [0.29, 0.717) is 0 Å². The van der Waals surface area contributed by atoms with Gasteiger partial charge in [0.2, 0.25) is 0 Å². The van der Waals surface area contributed by atoms with Crippen molar-refractivity contribution in [1.82, 2.24) is 39.0 Å². The Hall–Kier alpha value is -12.8. The molecule has 22 aromatic rings. The number of thiophene rings is 1. The van der Waals surface area contributed by atoms with Gasteiger partial charge >= 0.3 is 0 Å². The summed E-state index contributed by atoms with van der Waals surface area (Å²) in [5, 5.41) is 11.8. The van der Waals surface area contributed by atoms with E-state index in [1.165, 1.54) is 107 Å². The maximum atomic E-state index is 5.04. The predicted octanol–water partition coefficient (Wildman–Crippen LogP) is 29.5. The van der Waals surface area contributed by atoms with Gasteiger partial charge in [0, 0.05) is 125 Å². The Morgan fingerprint density at radius 2 is 0.597 bits per heavy atom. The average molecular weight is 2340 g/mol. The summed E-state index contributed by atoms with van der Waals surface area (Å²) in [5.74, 6) is 0. The largest absolute Gasteiger partial charge is 0.381 e. The molecule has 22 rings (SSSR count). The minimum Gasteiger partial charge on any atom is -0.381 e. The molecule has 0 aliphatic carbocycles. The fraction of sp³-hybridized carbons (Fsp3) is 0.0924. The van der Waals surface area contributed by atoms with Crippen LogP contribution in [-0.4, -0.2) is 63.3 Å². The summed E-state index contributed by atoms with van der Waals surface area (Å²) >= 11 is 1.83. The van der Waals surface area contributed by atoms with Gasteiger partial charge < -0.3 is 39.0 Å². The molecule has 15 heteroatoms. The first-order valence-electron chi connectivity index (χ1n) is 44.5. The van der Waals surface area contributed by atoms with Gasteiger partial charge in [0.1, 0.15) is 0 Å². The zero-order valence-electron chi connectivity index (χ0n) is 76.5. The van der Waals surface area contributed by atoms with Crippen molar-refractivity contribution in [2.75, 3.05) is 0 Å². The summed E-state index contributed by atoms with van der Waals surface area (Å²) in [5.41, 5.74) is 25.7. The Kier molecular flexibility index (Phi) is 32.5. The Labute approximate surface area is 835 Å². The molecule has 0 aliphatic heterocycles.